The SMILES string of the molecule is COC(=O)c1cc(NC(=O)CCc2nnc(-c3cc(C)nn3C)o2)ccc1C. The van der Waals surface area contributed by atoms with Crippen LogP contribution in [0.2, 0.25) is 0 Å². The second-order valence-corrected chi connectivity index (χ2v) is 6.36. The Balaban J connectivity index is 1.61. The molecule has 0 aliphatic carbocycles. The quantitative estimate of drug-likeness (QED) is 0.651. The predicted molar refractivity (Wildman–Crippen MR) is 101 cm³/mol. The standard InChI is InChI=1S/C19H21N5O4/c1-11-5-6-13(10-14(11)19(26)27-4)20-16(25)7-8-17-21-22-18(28-17)15-9-12(2)23-24(15)3/h5-6,9-10H,7-8H2,1-4H3,(H,20,25). The molecule has 0 saturated heterocycles. The molecule has 9 nitrogen and oxygen atoms in total. The Morgan fingerprint density at radius 1 is 1.21 bits per heavy atom. The number of hydrogen-bond acceptors (Lipinski definition) is 7. The number of aryl methyl sites for hydroxylation is 4. The van der Waals surface area contributed by atoms with Crippen LogP contribution in [0.5, 0.6) is 0 Å². The van der Waals surface area contributed by atoms with Gasteiger partial charge in [0.15, 0.2) is 0 Å². The Kier molecular flexibility index (Phi) is 5.53. The van der Waals surface area contributed by atoms with E-state index in [2.05, 4.69) is 20.6 Å². The number of anilines is 1. The zero-order valence-corrected chi connectivity index (χ0v) is 16.1. The fourth-order valence-corrected chi connectivity index (χ4v) is 2.74. The largest absolute Gasteiger partial charge is 0.465 e. The van der Waals surface area contributed by atoms with Gasteiger partial charge >= 0.3 is 5.97 Å². The molecule has 3 aromatic rings. The van der Waals surface area contributed by atoms with E-state index in [0.29, 0.717) is 29.5 Å². The lowest BCUT2D eigenvalue weighted by Crippen LogP contribution is -2.13. The molecule has 9 heteroatoms. The number of methoxy groups -OCH3 is 1. The molecule has 0 aliphatic rings. The number of hydrogen-bond donors (Lipinski definition) is 1. The molecule has 0 aliphatic heterocycles. The minimum absolute atomic E-state index is 0.160. The van der Waals surface area contributed by atoms with Crippen molar-refractivity contribution in [3.8, 4) is 11.6 Å². The summed E-state index contributed by atoms with van der Waals surface area (Å²) in [5.41, 5.74) is 3.27. The summed E-state index contributed by atoms with van der Waals surface area (Å²) in [6.45, 7) is 3.68. The van der Waals surface area contributed by atoms with Crippen LogP contribution in [0, 0.1) is 13.8 Å². The highest BCUT2D eigenvalue weighted by atomic mass is 16.5. The van der Waals surface area contributed by atoms with Gasteiger partial charge in [0.25, 0.3) is 5.89 Å². The van der Waals surface area contributed by atoms with Crippen molar-refractivity contribution in [1.29, 1.82) is 0 Å². The molecule has 146 valence electrons. The fraction of sp³-hybridized carbons (Fsp3) is 0.316. The van der Waals surface area contributed by atoms with Gasteiger partial charge in [0, 0.05) is 25.6 Å². The molecule has 0 radical (unpaired) electrons. The van der Waals surface area contributed by atoms with Gasteiger partial charge in [0.05, 0.1) is 18.4 Å². The highest BCUT2D eigenvalue weighted by Gasteiger charge is 2.15. The first-order valence-corrected chi connectivity index (χ1v) is 8.69. The van der Waals surface area contributed by atoms with Crippen LogP contribution < -0.4 is 5.32 Å². The predicted octanol–water partition coefficient (Wildman–Crippen LogP) is 2.44. The molecule has 1 N–H and O–H groups in total. The van der Waals surface area contributed by atoms with E-state index in [1.807, 2.05) is 13.0 Å². The average molecular weight is 383 g/mol. The van der Waals surface area contributed by atoms with Crippen molar-refractivity contribution in [2.24, 2.45) is 7.05 Å². The third-order valence-corrected chi connectivity index (χ3v) is 4.18. The average Bonchev–Trinajstić information content (AvgIpc) is 3.26. The van der Waals surface area contributed by atoms with E-state index < -0.39 is 5.97 Å². The van der Waals surface area contributed by atoms with Crippen LogP contribution in [0.15, 0.2) is 28.7 Å². The van der Waals surface area contributed by atoms with Crippen molar-refractivity contribution < 1.29 is 18.7 Å². The lowest BCUT2D eigenvalue weighted by atomic mass is 10.1. The Labute approximate surface area is 161 Å². The number of nitrogens with zero attached hydrogens (tertiary/aromatic N) is 4. The van der Waals surface area contributed by atoms with Gasteiger partial charge in [-0.3, -0.25) is 9.48 Å². The lowest BCUT2D eigenvalue weighted by molar-refractivity contribution is -0.116. The minimum Gasteiger partial charge on any atom is -0.465 e. The van der Waals surface area contributed by atoms with E-state index in [1.165, 1.54) is 7.11 Å². The maximum Gasteiger partial charge on any atom is 0.338 e. The topological polar surface area (TPSA) is 112 Å². The molecule has 28 heavy (non-hydrogen) atoms. The highest BCUT2D eigenvalue weighted by Crippen LogP contribution is 2.19. The molecular formula is C19H21N5O4. The number of esters is 1. The molecule has 0 atom stereocenters. The van der Waals surface area contributed by atoms with Crippen LogP contribution in [-0.2, 0) is 23.0 Å². The molecule has 0 fully saturated rings. The summed E-state index contributed by atoms with van der Waals surface area (Å²) in [5.74, 6) is 0.0520. The smallest absolute Gasteiger partial charge is 0.338 e. The maximum absolute atomic E-state index is 12.2. The van der Waals surface area contributed by atoms with Gasteiger partial charge in [-0.15, -0.1) is 10.2 Å². The first-order chi connectivity index (χ1) is 13.4. The maximum atomic E-state index is 12.2. The van der Waals surface area contributed by atoms with Crippen LogP contribution in [0.3, 0.4) is 0 Å². The molecule has 0 saturated carbocycles. The van der Waals surface area contributed by atoms with Gasteiger partial charge < -0.3 is 14.5 Å². The summed E-state index contributed by atoms with van der Waals surface area (Å²) >= 11 is 0. The van der Waals surface area contributed by atoms with Crippen LogP contribution in [0.4, 0.5) is 5.69 Å². The van der Waals surface area contributed by atoms with E-state index in [1.54, 1.807) is 36.9 Å². The Morgan fingerprint density at radius 3 is 2.68 bits per heavy atom. The van der Waals surface area contributed by atoms with Crippen molar-refractivity contribution in [2.75, 3.05) is 12.4 Å². The second-order valence-electron chi connectivity index (χ2n) is 6.36. The van der Waals surface area contributed by atoms with Crippen LogP contribution >= 0.6 is 0 Å². The van der Waals surface area contributed by atoms with E-state index in [0.717, 1.165) is 17.0 Å². The third-order valence-electron chi connectivity index (χ3n) is 4.18. The summed E-state index contributed by atoms with van der Waals surface area (Å²) in [4.78, 5) is 24.0. The van der Waals surface area contributed by atoms with E-state index >= 15 is 0 Å². The molecule has 1 aromatic carbocycles. The zero-order chi connectivity index (χ0) is 20.3. The summed E-state index contributed by atoms with van der Waals surface area (Å²) in [7, 11) is 3.11. The number of amides is 1. The minimum atomic E-state index is -0.447. The van der Waals surface area contributed by atoms with Gasteiger partial charge in [-0.2, -0.15) is 5.10 Å². The highest BCUT2D eigenvalue weighted by molar-refractivity contribution is 5.95. The van der Waals surface area contributed by atoms with Crippen molar-refractivity contribution >= 4 is 17.6 Å². The molecule has 0 unspecified atom stereocenters. The lowest BCUT2D eigenvalue weighted by Gasteiger charge is -2.08. The number of nitrogens with one attached hydrogen (secondary N) is 1. The van der Waals surface area contributed by atoms with E-state index in [-0.39, 0.29) is 12.3 Å². The second kappa shape index (κ2) is 8.03. The number of benzene rings is 1. The number of aromatic nitrogens is 4. The van der Waals surface area contributed by atoms with Crippen molar-refractivity contribution in [2.45, 2.75) is 26.7 Å². The normalized spacial score (nSPS) is 10.7. The van der Waals surface area contributed by atoms with Crippen molar-refractivity contribution in [3.63, 3.8) is 0 Å². The van der Waals surface area contributed by atoms with Gasteiger partial charge in [-0.05, 0) is 37.6 Å². The molecule has 0 bridgehead atoms. The fourth-order valence-electron chi connectivity index (χ4n) is 2.74. The summed E-state index contributed by atoms with van der Waals surface area (Å²) in [6.07, 6.45) is 0.457. The number of rotatable bonds is 6. The molecule has 3 rings (SSSR count). The Hall–Kier alpha value is -3.49. The molecule has 1 amide bonds. The van der Waals surface area contributed by atoms with Crippen LogP contribution in [0.25, 0.3) is 11.6 Å². The van der Waals surface area contributed by atoms with Gasteiger partial charge in [-0.1, -0.05) is 6.07 Å². The third kappa shape index (κ3) is 4.25. The number of carbonyl (C=O) groups is 2. The van der Waals surface area contributed by atoms with Crippen LogP contribution in [0.1, 0.15) is 33.9 Å². The van der Waals surface area contributed by atoms with Gasteiger partial charge in [0.1, 0.15) is 5.69 Å². The van der Waals surface area contributed by atoms with Gasteiger partial charge in [-0.25, -0.2) is 4.79 Å². The number of carbonyl (C=O) groups excluding carboxylic acids is 2. The molecule has 2 aromatic heterocycles. The summed E-state index contributed by atoms with van der Waals surface area (Å²) in [6, 6.07) is 6.92. The van der Waals surface area contributed by atoms with Crippen LogP contribution in [-0.4, -0.2) is 39.0 Å². The van der Waals surface area contributed by atoms with Crippen molar-refractivity contribution in [1.82, 2.24) is 20.0 Å². The monoisotopic (exact) mass is 383 g/mol. The zero-order valence-electron chi connectivity index (χ0n) is 16.1. The number of ether oxygens (including phenoxy) is 1. The van der Waals surface area contributed by atoms with Gasteiger partial charge in [0.2, 0.25) is 11.8 Å². The molecule has 2 heterocycles. The first kappa shape index (κ1) is 19.3. The Bertz CT molecular complexity index is 1020. The molecule has 0 spiro atoms. The first-order valence-electron chi connectivity index (χ1n) is 8.69. The van der Waals surface area contributed by atoms with Crippen molar-refractivity contribution in [3.05, 3.63) is 47.0 Å². The van der Waals surface area contributed by atoms with E-state index in [4.69, 9.17) is 9.15 Å². The summed E-state index contributed by atoms with van der Waals surface area (Å²) in [5, 5.41) is 15.0. The summed E-state index contributed by atoms with van der Waals surface area (Å²) < 4.78 is 12.0. The molecular weight excluding hydrogens is 362 g/mol. The Morgan fingerprint density at radius 2 is 2.00 bits per heavy atom. The van der Waals surface area contributed by atoms with E-state index in [9.17, 15) is 9.59 Å².